The van der Waals surface area contributed by atoms with Gasteiger partial charge in [0.2, 0.25) is 0 Å². The number of hydrogen-bond donors (Lipinski definition) is 1. The van der Waals surface area contributed by atoms with E-state index in [9.17, 15) is 9.18 Å². The average Bonchev–Trinajstić information content (AvgIpc) is 2.75. The average molecular weight is 348 g/mol. The van der Waals surface area contributed by atoms with Crippen LogP contribution in [0, 0.1) is 5.82 Å². The fourth-order valence-electron chi connectivity index (χ4n) is 3.20. The summed E-state index contributed by atoms with van der Waals surface area (Å²) in [5.41, 5.74) is 5.57. The van der Waals surface area contributed by atoms with Crippen molar-refractivity contribution in [1.29, 1.82) is 0 Å². The Morgan fingerprint density at radius 3 is 2.48 bits per heavy atom. The van der Waals surface area contributed by atoms with Crippen LogP contribution in [0.5, 0.6) is 0 Å². The van der Waals surface area contributed by atoms with Gasteiger partial charge < -0.3 is 19.9 Å². The molecule has 0 saturated carbocycles. The van der Waals surface area contributed by atoms with Crippen molar-refractivity contribution in [2.24, 2.45) is 5.73 Å². The van der Waals surface area contributed by atoms with Crippen molar-refractivity contribution in [1.82, 2.24) is 4.90 Å². The summed E-state index contributed by atoms with van der Waals surface area (Å²) < 4.78 is 26.5. The number of likely N-dealkylation sites (tertiary alicyclic amines) is 1. The maximum Gasteiger partial charge on any atom is 0.494 e. The molecule has 2 N–H and O–H groups in total. The van der Waals surface area contributed by atoms with Gasteiger partial charge in [-0.25, -0.2) is 4.39 Å². The first-order valence-corrected chi connectivity index (χ1v) is 8.81. The molecule has 2 saturated heterocycles. The number of carbonyl (C=O) groups excluding carboxylic acids is 1. The van der Waals surface area contributed by atoms with Crippen molar-refractivity contribution in [2.45, 2.75) is 57.8 Å². The Bertz CT molecular complexity index is 664. The predicted molar refractivity (Wildman–Crippen MR) is 95.2 cm³/mol. The zero-order valence-corrected chi connectivity index (χ0v) is 15.3. The van der Waals surface area contributed by atoms with E-state index in [0.29, 0.717) is 18.6 Å². The standard InChI is InChI=1S/C18H26BFN2O3/c1-17(2)18(3,4)25-19(24-17)12-7-8-14(15(20)10-12)16(23)22-9-5-6-13(21)11-22/h7-8,10,13H,5-6,9,11,21H2,1-4H3. The Labute approximate surface area is 148 Å². The topological polar surface area (TPSA) is 64.8 Å². The van der Waals surface area contributed by atoms with E-state index >= 15 is 0 Å². The van der Waals surface area contributed by atoms with Gasteiger partial charge in [-0.2, -0.15) is 0 Å². The van der Waals surface area contributed by atoms with Crippen LogP contribution in [-0.4, -0.2) is 48.3 Å². The summed E-state index contributed by atoms with van der Waals surface area (Å²) in [5.74, 6) is -0.871. The molecule has 3 rings (SSSR count). The zero-order chi connectivity index (χ0) is 18.4. The summed E-state index contributed by atoms with van der Waals surface area (Å²) >= 11 is 0. The Kier molecular flexibility index (Phi) is 4.68. The van der Waals surface area contributed by atoms with Gasteiger partial charge in [0.1, 0.15) is 5.82 Å². The molecule has 1 unspecified atom stereocenters. The molecule has 2 aliphatic heterocycles. The first kappa shape index (κ1) is 18.4. The molecule has 0 bridgehead atoms. The van der Waals surface area contributed by atoms with Crippen LogP contribution in [0.15, 0.2) is 18.2 Å². The van der Waals surface area contributed by atoms with Gasteiger partial charge in [-0.05, 0) is 58.1 Å². The van der Waals surface area contributed by atoms with Crippen molar-refractivity contribution in [3.63, 3.8) is 0 Å². The van der Waals surface area contributed by atoms with Crippen molar-refractivity contribution in [3.8, 4) is 0 Å². The molecule has 25 heavy (non-hydrogen) atoms. The highest BCUT2D eigenvalue weighted by atomic mass is 19.1. The minimum Gasteiger partial charge on any atom is -0.399 e. The lowest BCUT2D eigenvalue weighted by atomic mass is 9.78. The predicted octanol–water partition coefficient (Wildman–Crippen LogP) is 1.69. The van der Waals surface area contributed by atoms with E-state index in [1.807, 2.05) is 27.7 Å². The maximum atomic E-state index is 14.6. The van der Waals surface area contributed by atoms with Gasteiger partial charge in [0.05, 0.1) is 16.8 Å². The lowest BCUT2D eigenvalue weighted by Gasteiger charge is -2.32. The Morgan fingerprint density at radius 1 is 1.28 bits per heavy atom. The first-order chi connectivity index (χ1) is 11.6. The first-order valence-electron chi connectivity index (χ1n) is 8.81. The second-order valence-electron chi connectivity index (χ2n) is 7.98. The number of nitrogens with two attached hydrogens (primary N) is 1. The molecule has 136 valence electrons. The van der Waals surface area contributed by atoms with E-state index in [0.717, 1.165) is 12.8 Å². The van der Waals surface area contributed by atoms with Crippen LogP contribution in [0.4, 0.5) is 4.39 Å². The quantitative estimate of drug-likeness (QED) is 0.826. The summed E-state index contributed by atoms with van der Waals surface area (Å²) in [6.07, 6.45) is 1.74. The molecule has 7 heteroatoms. The summed E-state index contributed by atoms with van der Waals surface area (Å²) in [7, 11) is -0.646. The Hall–Kier alpha value is -1.44. The molecule has 0 spiro atoms. The molecule has 2 aliphatic rings. The van der Waals surface area contributed by atoms with E-state index in [2.05, 4.69) is 0 Å². The largest absolute Gasteiger partial charge is 0.494 e. The smallest absolute Gasteiger partial charge is 0.399 e. The molecule has 2 heterocycles. The van der Waals surface area contributed by atoms with Crippen LogP contribution in [0.3, 0.4) is 0 Å². The highest BCUT2D eigenvalue weighted by molar-refractivity contribution is 6.62. The molecular weight excluding hydrogens is 322 g/mol. The summed E-state index contributed by atoms with van der Waals surface area (Å²) in [6.45, 7) is 8.87. The summed E-state index contributed by atoms with van der Waals surface area (Å²) in [6, 6.07) is 4.50. The van der Waals surface area contributed by atoms with Gasteiger partial charge in [-0.3, -0.25) is 4.79 Å². The summed E-state index contributed by atoms with van der Waals surface area (Å²) in [5, 5.41) is 0. The van der Waals surface area contributed by atoms with Crippen LogP contribution in [0.2, 0.25) is 0 Å². The van der Waals surface area contributed by atoms with Crippen molar-refractivity contribution in [3.05, 3.63) is 29.6 Å². The molecule has 1 aromatic carbocycles. The Balaban J connectivity index is 1.79. The van der Waals surface area contributed by atoms with E-state index < -0.39 is 24.1 Å². The van der Waals surface area contributed by atoms with Crippen LogP contribution < -0.4 is 11.2 Å². The number of halogens is 1. The number of carbonyl (C=O) groups is 1. The second-order valence-corrected chi connectivity index (χ2v) is 7.98. The van der Waals surface area contributed by atoms with Gasteiger partial charge in [0, 0.05) is 19.1 Å². The van der Waals surface area contributed by atoms with E-state index in [4.69, 9.17) is 15.0 Å². The molecule has 2 fully saturated rings. The number of nitrogens with zero attached hydrogens (tertiary/aromatic N) is 1. The van der Waals surface area contributed by atoms with Crippen molar-refractivity contribution in [2.75, 3.05) is 13.1 Å². The lowest BCUT2D eigenvalue weighted by molar-refractivity contribution is 0.00578. The third-order valence-corrected chi connectivity index (χ3v) is 5.49. The number of piperidine rings is 1. The van der Waals surface area contributed by atoms with Crippen molar-refractivity contribution >= 4 is 18.5 Å². The molecule has 5 nitrogen and oxygen atoms in total. The van der Waals surface area contributed by atoms with Crippen molar-refractivity contribution < 1.29 is 18.5 Å². The fraction of sp³-hybridized carbons (Fsp3) is 0.611. The molecule has 0 radical (unpaired) electrons. The fourth-order valence-corrected chi connectivity index (χ4v) is 3.20. The van der Waals surface area contributed by atoms with Gasteiger partial charge in [0.15, 0.2) is 0 Å². The third-order valence-electron chi connectivity index (χ3n) is 5.49. The molecule has 1 amide bonds. The maximum absolute atomic E-state index is 14.6. The third kappa shape index (κ3) is 3.45. The SMILES string of the molecule is CC1(C)OB(c2ccc(C(=O)N3CCCC(N)C3)c(F)c2)OC1(C)C. The van der Waals surface area contributed by atoms with Gasteiger partial charge in [-0.15, -0.1) is 0 Å². The molecule has 0 aromatic heterocycles. The monoisotopic (exact) mass is 348 g/mol. The number of benzene rings is 1. The molecule has 0 aliphatic carbocycles. The van der Waals surface area contributed by atoms with Crippen LogP contribution >= 0.6 is 0 Å². The molecule has 1 aromatic rings. The van der Waals surface area contributed by atoms with Crippen LogP contribution in [0.1, 0.15) is 50.9 Å². The van der Waals surface area contributed by atoms with Gasteiger partial charge in [0.25, 0.3) is 5.91 Å². The minimum absolute atomic E-state index is 0.0372. The van der Waals surface area contributed by atoms with Crippen LogP contribution in [-0.2, 0) is 9.31 Å². The van der Waals surface area contributed by atoms with Gasteiger partial charge >= 0.3 is 7.12 Å². The number of rotatable bonds is 2. The van der Waals surface area contributed by atoms with E-state index in [-0.39, 0.29) is 17.5 Å². The minimum atomic E-state index is -0.646. The lowest BCUT2D eigenvalue weighted by Crippen LogP contribution is -2.46. The number of amides is 1. The zero-order valence-electron chi connectivity index (χ0n) is 15.3. The van der Waals surface area contributed by atoms with Crippen LogP contribution in [0.25, 0.3) is 0 Å². The summed E-state index contributed by atoms with van der Waals surface area (Å²) in [4.78, 5) is 14.2. The highest BCUT2D eigenvalue weighted by Gasteiger charge is 2.51. The Morgan fingerprint density at radius 2 is 1.92 bits per heavy atom. The molecular formula is C18H26BFN2O3. The molecule has 1 atom stereocenters. The van der Waals surface area contributed by atoms with E-state index in [1.54, 1.807) is 11.0 Å². The highest BCUT2D eigenvalue weighted by Crippen LogP contribution is 2.36. The van der Waals surface area contributed by atoms with E-state index in [1.165, 1.54) is 12.1 Å². The number of hydrogen-bond acceptors (Lipinski definition) is 4. The second kappa shape index (κ2) is 6.38. The van der Waals surface area contributed by atoms with Gasteiger partial charge in [-0.1, -0.05) is 6.07 Å². The normalized spacial score (nSPS) is 25.3.